The van der Waals surface area contributed by atoms with Crippen LogP contribution in [0.5, 0.6) is 0 Å². The van der Waals surface area contributed by atoms with Crippen LogP contribution in [0, 0.1) is 6.92 Å². The number of hydrogen-bond donors (Lipinski definition) is 2. The molecule has 0 aliphatic carbocycles. The van der Waals surface area contributed by atoms with Crippen molar-refractivity contribution in [3.8, 4) is 0 Å². The van der Waals surface area contributed by atoms with Gasteiger partial charge in [-0.05, 0) is 24.6 Å². The summed E-state index contributed by atoms with van der Waals surface area (Å²) in [5, 5.41) is 3.35. The van der Waals surface area contributed by atoms with Crippen LogP contribution in [-0.2, 0) is 0 Å². The van der Waals surface area contributed by atoms with Gasteiger partial charge in [-0.1, -0.05) is 23.7 Å². The van der Waals surface area contributed by atoms with Crippen molar-refractivity contribution in [3.05, 3.63) is 41.3 Å². The molecule has 0 fully saturated rings. The third kappa shape index (κ3) is 2.23. The van der Waals surface area contributed by atoms with Gasteiger partial charge in [0.25, 0.3) is 0 Å². The Labute approximate surface area is 98.5 Å². The quantitative estimate of drug-likeness (QED) is 0.785. The van der Waals surface area contributed by atoms with Gasteiger partial charge in [0.2, 0.25) is 0 Å². The van der Waals surface area contributed by atoms with Crippen LogP contribution in [0.4, 0.5) is 17.2 Å². The van der Waals surface area contributed by atoms with E-state index < -0.39 is 0 Å². The summed E-state index contributed by atoms with van der Waals surface area (Å²) >= 11 is 5.80. The van der Waals surface area contributed by atoms with Crippen molar-refractivity contribution in [1.29, 1.82) is 0 Å². The highest BCUT2D eigenvalue weighted by atomic mass is 35.5. The van der Waals surface area contributed by atoms with E-state index in [1.807, 2.05) is 31.2 Å². The minimum absolute atomic E-state index is 0.255. The predicted molar refractivity (Wildman–Crippen MR) is 65.9 cm³/mol. The van der Waals surface area contributed by atoms with Gasteiger partial charge in [-0.25, -0.2) is 9.97 Å². The summed E-state index contributed by atoms with van der Waals surface area (Å²) in [5.74, 6) is 0.519. The number of nitrogens with one attached hydrogen (secondary N) is 1. The van der Waals surface area contributed by atoms with E-state index in [-0.39, 0.29) is 5.15 Å². The van der Waals surface area contributed by atoms with Crippen LogP contribution < -0.4 is 11.1 Å². The Morgan fingerprint density at radius 1 is 1.31 bits per heavy atom. The first-order chi connectivity index (χ1) is 7.66. The monoisotopic (exact) mass is 234 g/mol. The molecular formula is C11H11ClN4. The summed E-state index contributed by atoms with van der Waals surface area (Å²) in [7, 11) is 0. The molecule has 3 N–H and O–H groups in total. The van der Waals surface area contributed by atoms with Gasteiger partial charge in [-0.3, -0.25) is 0 Å². The van der Waals surface area contributed by atoms with Gasteiger partial charge in [-0.2, -0.15) is 0 Å². The first-order valence-electron chi connectivity index (χ1n) is 4.76. The number of aryl methyl sites for hydroxylation is 1. The van der Waals surface area contributed by atoms with Gasteiger partial charge in [0.1, 0.15) is 12.0 Å². The van der Waals surface area contributed by atoms with Crippen molar-refractivity contribution in [2.24, 2.45) is 0 Å². The molecule has 2 aromatic rings. The molecule has 0 atom stereocenters. The molecule has 1 aromatic heterocycles. The molecule has 0 aliphatic heterocycles. The topological polar surface area (TPSA) is 63.8 Å². The molecule has 82 valence electrons. The summed E-state index contributed by atoms with van der Waals surface area (Å²) in [6.07, 6.45) is 1.37. The van der Waals surface area contributed by atoms with Crippen molar-refractivity contribution >= 4 is 28.8 Å². The van der Waals surface area contributed by atoms with Gasteiger partial charge in [0.15, 0.2) is 11.0 Å². The number of hydrogen-bond acceptors (Lipinski definition) is 4. The highest BCUT2D eigenvalue weighted by Gasteiger charge is 2.05. The second-order valence-electron chi connectivity index (χ2n) is 3.42. The Balaban J connectivity index is 2.31. The number of anilines is 3. The van der Waals surface area contributed by atoms with Crippen LogP contribution in [0.25, 0.3) is 0 Å². The molecule has 0 spiro atoms. The first-order valence-corrected chi connectivity index (χ1v) is 5.14. The lowest BCUT2D eigenvalue weighted by atomic mass is 10.2. The zero-order valence-corrected chi connectivity index (χ0v) is 9.49. The van der Waals surface area contributed by atoms with Gasteiger partial charge in [0.05, 0.1) is 0 Å². The predicted octanol–water partition coefficient (Wildman–Crippen LogP) is 2.76. The maximum Gasteiger partial charge on any atom is 0.158 e. The average Bonchev–Trinajstić information content (AvgIpc) is 2.25. The average molecular weight is 235 g/mol. The Bertz CT molecular complexity index is 513. The molecule has 2 rings (SSSR count). The largest absolute Gasteiger partial charge is 0.393 e. The molecule has 16 heavy (non-hydrogen) atoms. The van der Waals surface area contributed by atoms with Crippen LogP contribution in [0.3, 0.4) is 0 Å². The Morgan fingerprint density at radius 3 is 2.88 bits per heavy atom. The van der Waals surface area contributed by atoms with E-state index in [1.165, 1.54) is 6.33 Å². The third-order valence-electron chi connectivity index (χ3n) is 2.12. The zero-order valence-electron chi connectivity index (χ0n) is 8.74. The smallest absolute Gasteiger partial charge is 0.158 e. The highest BCUT2D eigenvalue weighted by Crippen LogP contribution is 2.25. The Morgan fingerprint density at radius 2 is 2.12 bits per heavy atom. The molecular weight excluding hydrogens is 224 g/mol. The van der Waals surface area contributed by atoms with Crippen LogP contribution in [0.1, 0.15) is 5.56 Å². The second kappa shape index (κ2) is 4.37. The van der Waals surface area contributed by atoms with E-state index in [1.54, 1.807) is 0 Å². The molecule has 0 radical (unpaired) electrons. The van der Waals surface area contributed by atoms with Crippen molar-refractivity contribution in [1.82, 2.24) is 9.97 Å². The lowest BCUT2D eigenvalue weighted by Crippen LogP contribution is -2.01. The maximum absolute atomic E-state index is 5.80. The van der Waals surface area contributed by atoms with Gasteiger partial charge < -0.3 is 11.1 Å². The summed E-state index contributed by atoms with van der Waals surface area (Å²) < 4.78 is 0. The van der Waals surface area contributed by atoms with Crippen molar-refractivity contribution in [2.45, 2.75) is 6.92 Å². The minimum atomic E-state index is 0.255. The van der Waals surface area contributed by atoms with Gasteiger partial charge in [0, 0.05) is 5.69 Å². The molecule has 1 aromatic carbocycles. The number of nitrogen functional groups attached to an aromatic ring is 1. The van der Waals surface area contributed by atoms with Crippen LogP contribution in [0.15, 0.2) is 30.6 Å². The fourth-order valence-corrected chi connectivity index (χ4v) is 1.47. The van der Waals surface area contributed by atoms with E-state index in [0.717, 1.165) is 11.3 Å². The molecule has 0 aliphatic rings. The van der Waals surface area contributed by atoms with Crippen molar-refractivity contribution in [3.63, 3.8) is 0 Å². The highest BCUT2D eigenvalue weighted by molar-refractivity contribution is 6.32. The summed E-state index contributed by atoms with van der Waals surface area (Å²) in [4.78, 5) is 7.82. The van der Waals surface area contributed by atoms with E-state index in [2.05, 4.69) is 15.3 Å². The number of nitrogens with zero attached hydrogens (tertiary/aromatic N) is 2. The SMILES string of the molecule is Cc1cccc(Nc2ncnc(Cl)c2N)c1. The van der Waals surface area contributed by atoms with Crippen LogP contribution in [0.2, 0.25) is 5.15 Å². The van der Waals surface area contributed by atoms with Gasteiger partial charge in [-0.15, -0.1) is 0 Å². The van der Waals surface area contributed by atoms with Crippen LogP contribution in [-0.4, -0.2) is 9.97 Å². The fraction of sp³-hybridized carbons (Fsp3) is 0.0909. The number of benzene rings is 1. The minimum Gasteiger partial charge on any atom is -0.393 e. The molecule has 0 saturated carbocycles. The number of nitrogens with two attached hydrogens (primary N) is 1. The van der Waals surface area contributed by atoms with E-state index in [4.69, 9.17) is 17.3 Å². The second-order valence-corrected chi connectivity index (χ2v) is 3.78. The fourth-order valence-electron chi connectivity index (χ4n) is 1.33. The number of aromatic nitrogens is 2. The van der Waals surface area contributed by atoms with E-state index in [9.17, 15) is 0 Å². The van der Waals surface area contributed by atoms with Crippen molar-refractivity contribution in [2.75, 3.05) is 11.1 Å². The molecule has 1 heterocycles. The number of halogens is 1. The third-order valence-corrected chi connectivity index (χ3v) is 2.42. The normalized spacial score (nSPS) is 10.1. The molecule has 0 saturated heterocycles. The Hall–Kier alpha value is -1.81. The summed E-state index contributed by atoms with van der Waals surface area (Å²) in [6.45, 7) is 2.02. The molecule has 0 unspecified atom stereocenters. The molecule has 0 bridgehead atoms. The number of rotatable bonds is 2. The van der Waals surface area contributed by atoms with Gasteiger partial charge >= 0.3 is 0 Å². The lowest BCUT2D eigenvalue weighted by molar-refractivity contribution is 1.17. The lowest BCUT2D eigenvalue weighted by Gasteiger charge is -2.08. The maximum atomic E-state index is 5.80. The van der Waals surface area contributed by atoms with Crippen molar-refractivity contribution < 1.29 is 0 Å². The molecule has 4 nitrogen and oxygen atoms in total. The standard InChI is InChI=1S/C11H11ClN4/c1-7-3-2-4-8(5-7)16-11-9(13)10(12)14-6-15-11/h2-6H,13H2,1H3,(H,14,15,16). The Kier molecular flexibility index (Phi) is 2.92. The zero-order chi connectivity index (χ0) is 11.5. The molecule has 0 amide bonds. The first kappa shape index (κ1) is 10.7. The summed E-state index contributed by atoms with van der Waals surface area (Å²) in [6, 6.07) is 7.90. The van der Waals surface area contributed by atoms with Crippen LogP contribution >= 0.6 is 11.6 Å². The van der Waals surface area contributed by atoms with E-state index >= 15 is 0 Å². The van der Waals surface area contributed by atoms with E-state index in [0.29, 0.717) is 11.5 Å². The summed E-state index contributed by atoms with van der Waals surface area (Å²) in [5.41, 5.74) is 8.18. The molecule has 5 heteroatoms.